The fraction of sp³-hybridized carbons (Fsp3) is 0.818. The minimum atomic E-state index is -0.330. The van der Waals surface area contributed by atoms with Crippen LogP contribution < -0.4 is 5.73 Å². The summed E-state index contributed by atoms with van der Waals surface area (Å²) in [4.78, 5) is 13.8. The molecule has 0 unspecified atom stereocenters. The van der Waals surface area contributed by atoms with Gasteiger partial charge in [-0.15, -0.1) is 0 Å². The summed E-state index contributed by atoms with van der Waals surface area (Å²) < 4.78 is 0. The van der Waals surface area contributed by atoms with Gasteiger partial charge in [-0.2, -0.15) is 0 Å². The van der Waals surface area contributed by atoms with Crippen molar-refractivity contribution in [2.75, 3.05) is 13.1 Å². The van der Waals surface area contributed by atoms with Gasteiger partial charge in [0.2, 0.25) is 5.91 Å². The van der Waals surface area contributed by atoms with E-state index < -0.39 is 0 Å². The Kier molecular flexibility index (Phi) is 3.78. The van der Waals surface area contributed by atoms with Crippen LogP contribution in [0.25, 0.3) is 0 Å². The second kappa shape index (κ2) is 4.72. The highest BCUT2D eigenvalue weighted by molar-refractivity contribution is 5.84. The molecule has 1 rings (SSSR count). The molecule has 1 aliphatic rings. The number of oxime groups is 1. The molecule has 1 saturated heterocycles. The van der Waals surface area contributed by atoms with E-state index in [1.54, 1.807) is 0 Å². The Bertz CT molecular complexity index is 286. The van der Waals surface area contributed by atoms with Crippen LogP contribution in [0.2, 0.25) is 0 Å². The van der Waals surface area contributed by atoms with Crippen LogP contribution in [-0.4, -0.2) is 34.9 Å². The van der Waals surface area contributed by atoms with E-state index in [1.165, 1.54) is 0 Å². The highest BCUT2D eigenvalue weighted by Gasteiger charge is 2.31. The molecule has 0 radical (unpaired) electrons. The zero-order valence-electron chi connectivity index (χ0n) is 10.2. The Morgan fingerprint density at radius 1 is 1.38 bits per heavy atom. The molecular formula is C11H21N3O2. The molecule has 0 bridgehead atoms. The fourth-order valence-electron chi connectivity index (χ4n) is 1.93. The van der Waals surface area contributed by atoms with E-state index in [-0.39, 0.29) is 23.1 Å². The van der Waals surface area contributed by atoms with Gasteiger partial charge in [0, 0.05) is 24.4 Å². The molecule has 0 aromatic carbocycles. The van der Waals surface area contributed by atoms with E-state index in [0.717, 1.165) is 12.8 Å². The summed E-state index contributed by atoms with van der Waals surface area (Å²) in [6.45, 7) is 7.15. The number of amidine groups is 1. The van der Waals surface area contributed by atoms with E-state index in [1.807, 2.05) is 25.7 Å². The molecule has 1 amide bonds. The molecule has 3 N–H and O–H groups in total. The Labute approximate surface area is 96.3 Å². The lowest BCUT2D eigenvalue weighted by molar-refractivity contribution is -0.140. The molecule has 1 fully saturated rings. The van der Waals surface area contributed by atoms with Crippen LogP contribution in [0.4, 0.5) is 0 Å². The Morgan fingerprint density at radius 2 is 1.88 bits per heavy atom. The maximum Gasteiger partial charge on any atom is 0.227 e. The molecule has 0 atom stereocenters. The van der Waals surface area contributed by atoms with Crippen molar-refractivity contribution in [1.82, 2.24) is 4.90 Å². The molecule has 92 valence electrons. The van der Waals surface area contributed by atoms with Crippen LogP contribution in [0.15, 0.2) is 5.16 Å². The number of amides is 1. The zero-order chi connectivity index (χ0) is 12.3. The molecule has 0 saturated carbocycles. The highest BCUT2D eigenvalue weighted by atomic mass is 16.4. The van der Waals surface area contributed by atoms with Gasteiger partial charge in [0.25, 0.3) is 0 Å². The number of carbonyl (C=O) groups is 1. The number of nitrogens with two attached hydrogens (primary N) is 1. The third kappa shape index (κ3) is 2.87. The topological polar surface area (TPSA) is 78.9 Å². The third-order valence-electron chi connectivity index (χ3n) is 2.96. The first-order chi connectivity index (χ1) is 7.36. The van der Waals surface area contributed by atoms with Crippen molar-refractivity contribution in [1.29, 1.82) is 0 Å². The van der Waals surface area contributed by atoms with E-state index >= 15 is 0 Å². The standard InChI is InChI=1S/C11H21N3O2/c1-11(2,3)10(15)14-6-4-8(5-7-14)9(12)13-16/h8,16H,4-7H2,1-3H3,(H2,12,13). The van der Waals surface area contributed by atoms with Crippen molar-refractivity contribution in [3.63, 3.8) is 0 Å². The summed E-state index contributed by atoms with van der Waals surface area (Å²) in [7, 11) is 0. The van der Waals surface area contributed by atoms with Gasteiger partial charge in [0.05, 0.1) is 0 Å². The van der Waals surface area contributed by atoms with E-state index in [2.05, 4.69) is 5.16 Å². The highest BCUT2D eigenvalue weighted by Crippen LogP contribution is 2.23. The van der Waals surface area contributed by atoms with Crippen LogP contribution in [0.5, 0.6) is 0 Å². The van der Waals surface area contributed by atoms with Gasteiger partial charge < -0.3 is 15.8 Å². The molecule has 16 heavy (non-hydrogen) atoms. The van der Waals surface area contributed by atoms with Crippen molar-refractivity contribution in [2.45, 2.75) is 33.6 Å². The van der Waals surface area contributed by atoms with E-state index in [9.17, 15) is 4.79 Å². The van der Waals surface area contributed by atoms with Crippen LogP contribution in [0, 0.1) is 11.3 Å². The molecule has 1 heterocycles. The smallest absolute Gasteiger partial charge is 0.227 e. The number of nitrogens with zero attached hydrogens (tertiary/aromatic N) is 2. The number of hydrogen-bond donors (Lipinski definition) is 2. The quantitative estimate of drug-likeness (QED) is 0.304. The summed E-state index contributed by atoms with van der Waals surface area (Å²) in [5.41, 5.74) is 5.22. The van der Waals surface area contributed by atoms with Crippen LogP contribution in [0.3, 0.4) is 0 Å². The normalized spacial score (nSPS) is 19.9. The average Bonchev–Trinajstić information content (AvgIpc) is 2.26. The van der Waals surface area contributed by atoms with Crippen molar-refractivity contribution < 1.29 is 10.0 Å². The second-order valence-electron chi connectivity index (χ2n) is 5.34. The van der Waals surface area contributed by atoms with Crippen molar-refractivity contribution >= 4 is 11.7 Å². The van der Waals surface area contributed by atoms with Gasteiger partial charge in [-0.3, -0.25) is 4.79 Å². The molecule has 0 aliphatic carbocycles. The maximum atomic E-state index is 12.0. The van der Waals surface area contributed by atoms with Gasteiger partial charge in [0.15, 0.2) is 0 Å². The van der Waals surface area contributed by atoms with Gasteiger partial charge in [-0.25, -0.2) is 0 Å². The zero-order valence-corrected chi connectivity index (χ0v) is 10.2. The molecule has 0 spiro atoms. The summed E-state index contributed by atoms with van der Waals surface area (Å²) in [6, 6.07) is 0. The number of carbonyl (C=O) groups excluding carboxylic acids is 1. The monoisotopic (exact) mass is 227 g/mol. The molecule has 1 aliphatic heterocycles. The predicted molar refractivity (Wildman–Crippen MR) is 62.2 cm³/mol. The Morgan fingerprint density at radius 3 is 2.25 bits per heavy atom. The summed E-state index contributed by atoms with van der Waals surface area (Å²) in [5.74, 6) is 0.558. The number of likely N-dealkylation sites (tertiary alicyclic amines) is 1. The lowest BCUT2D eigenvalue weighted by Gasteiger charge is -2.35. The lowest BCUT2D eigenvalue weighted by atomic mass is 9.91. The number of piperidine rings is 1. The third-order valence-corrected chi connectivity index (χ3v) is 2.96. The van der Waals surface area contributed by atoms with Crippen molar-refractivity contribution in [3.05, 3.63) is 0 Å². The Balaban J connectivity index is 2.53. The van der Waals surface area contributed by atoms with Gasteiger partial charge >= 0.3 is 0 Å². The van der Waals surface area contributed by atoms with Crippen LogP contribution in [0.1, 0.15) is 33.6 Å². The number of rotatable bonds is 1. The van der Waals surface area contributed by atoms with Gasteiger partial charge in [0.1, 0.15) is 5.84 Å². The minimum absolute atomic E-state index is 0.106. The van der Waals surface area contributed by atoms with Gasteiger partial charge in [-0.1, -0.05) is 25.9 Å². The second-order valence-corrected chi connectivity index (χ2v) is 5.34. The predicted octanol–water partition coefficient (Wildman–Crippen LogP) is 1.02. The SMILES string of the molecule is CC(C)(C)C(=O)N1CCC(C(N)=NO)CC1. The summed E-state index contributed by atoms with van der Waals surface area (Å²) in [6.07, 6.45) is 1.55. The average molecular weight is 227 g/mol. The lowest BCUT2D eigenvalue weighted by Crippen LogP contribution is -2.46. The summed E-state index contributed by atoms with van der Waals surface area (Å²) in [5, 5.41) is 11.6. The molecular weight excluding hydrogens is 206 g/mol. The first-order valence-electron chi connectivity index (χ1n) is 5.63. The molecule has 0 aromatic heterocycles. The Hall–Kier alpha value is -1.26. The molecule has 5 nitrogen and oxygen atoms in total. The van der Waals surface area contributed by atoms with Crippen molar-refractivity contribution in [2.24, 2.45) is 22.2 Å². The molecule has 5 heteroatoms. The largest absolute Gasteiger partial charge is 0.409 e. The minimum Gasteiger partial charge on any atom is -0.409 e. The summed E-state index contributed by atoms with van der Waals surface area (Å²) >= 11 is 0. The maximum absolute atomic E-state index is 12.0. The first-order valence-corrected chi connectivity index (χ1v) is 5.63. The van der Waals surface area contributed by atoms with E-state index in [0.29, 0.717) is 13.1 Å². The van der Waals surface area contributed by atoms with Crippen LogP contribution >= 0.6 is 0 Å². The molecule has 0 aromatic rings. The van der Waals surface area contributed by atoms with Gasteiger partial charge in [-0.05, 0) is 12.8 Å². The van der Waals surface area contributed by atoms with Crippen LogP contribution in [-0.2, 0) is 4.79 Å². The fourth-order valence-corrected chi connectivity index (χ4v) is 1.93. The van der Waals surface area contributed by atoms with E-state index in [4.69, 9.17) is 10.9 Å². The number of hydrogen-bond acceptors (Lipinski definition) is 3. The first kappa shape index (κ1) is 12.8. The van der Waals surface area contributed by atoms with Crippen molar-refractivity contribution in [3.8, 4) is 0 Å².